The number of benzene rings is 10. The maximum atomic E-state index is 6.20. The van der Waals surface area contributed by atoms with Crippen molar-refractivity contribution >= 4 is 125 Å². The molecular formula is C72H50N12O2Pt2-6. The number of furan rings is 2. The van der Waals surface area contributed by atoms with Gasteiger partial charge in [0.15, 0.2) is 0 Å². The van der Waals surface area contributed by atoms with Gasteiger partial charge >= 0.3 is 0 Å². The van der Waals surface area contributed by atoms with Gasteiger partial charge in [0.1, 0.15) is 35.5 Å². The van der Waals surface area contributed by atoms with Gasteiger partial charge in [-0.15, -0.1) is 13.3 Å². The summed E-state index contributed by atoms with van der Waals surface area (Å²) in [5.41, 5.74) is 12.5. The Balaban J connectivity index is 0.000000126. The molecule has 16 rings (SSSR count). The van der Waals surface area contributed by atoms with Gasteiger partial charge in [0.2, 0.25) is 0 Å². The van der Waals surface area contributed by atoms with Crippen LogP contribution in [0.5, 0.6) is 0 Å². The van der Waals surface area contributed by atoms with E-state index in [-0.39, 0.29) is 42.1 Å². The zero-order chi connectivity index (χ0) is 57.7. The first-order valence-electron chi connectivity index (χ1n) is 27.6. The minimum absolute atomic E-state index is 0. The van der Waals surface area contributed by atoms with E-state index in [0.717, 1.165) is 112 Å². The van der Waals surface area contributed by atoms with Gasteiger partial charge in [0.25, 0.3) is 0 Å². The van der Waals surface area contributed by atoms with Gasteiger partial charge < -0.3 is 49.1 Å². The van der Waals surface area contributed by atoms with Crippen molar-refractivity contribution in [2.45, 2.75) is 0 Å². The molecule has 0 unspecified atom stereocenters. The van der Waals surface area contributed by atoms with E-state index in [2.05, 4.69) is 89.1 Å². The molecule has 0 bridgehead atoms. The molecule has 0 spiro atoms. The normalized spacial score (nSPS) is 12.1. The first-order chi connectivity index (χ1) is 42.7. The predicted octanol–water partition coefficient (Wildman–Crippen LogP) is 19.3. The summed E-state index contributed by atoms with van der Waals surface area (Å²) in [6.07, 6.45) is 9.92. The molecule has 10 aromatic carbocycles. The number of para-hydroxylation sites is 8. The molecule has 0 amide bonds. The van der Waals surface area contributed by atoms with Gasteiger partial charge in [0, 0.05) is 75.4 Å². The number of hydrogen-bond acceptors (Lipinski definition) is 12. The summed E-state index contributed by atoms with van der Waals surface area (Å²) < 4.78 is 12.4. The zero-order valence-corrected chi connectivity index (χ0v) is 51.2. The second-order valence-electron chi connectivity index (χ2n) is 19.3. The summed E-state index contributed by atoms with van der Waals surface area (Å²) in [5, 5.41) is 12.7. The Hall–Kier alpha value is -10.5. The van der Waals surface area contributed by atoms with Gasteiger partial charge in [0.05, 0.1) is 23.8 Å². The third-order valence-corrected chi connectivity index (χ3v) is 13.8. The van der Waals surface area contributed by atoms with Crippen LogP contribution in [0.3, 0.4) is 0 Å². The van der Waals surface area contributed by atoms with Crippen molar-refractivity contribution in [3.8, 4) is 0 Å². The first-order valence-corrected chi connectivity index (χ1v) is 27.6. The van der Waals surface area contributed by atoms with Crippen LogP contribution in [-0.4, -0.2) is 32.6 Å². The zero-order valence-electron chi connectivity index (χ0n) is 46.7. The number of rotatable bonds is 10. The van der Waals surface area contributed by atoms with E-state index in [4.69, 9.17) is 8.83 Å². The summed E-state index contributed by atoms with van der Waals surface area (Å²) in [5.74, 6) is 1.64. The van der Waals surface area contributed by atoms with E-state index >= 15 is 0 Å². The van der Waals surface area contributed by atoms with Gasteiger partial charge in [-0.2, -0.15) is 36.4 Å². The number of aromatic nitrogens is 4. The van der Waals surface area contributed by atoms with Crippen LogP contribution in [0.2, 0.25) is 0 Å². The fraction of sp³-hybridized carbons (Fsp3) is 0. The van der Waals surface area contributed by atoms with Gasteiger partial charge in [-0.25, -0.2) is 19.9 Å². The molecule has 436 valence electrons. The second kappa shape index (κ2) is 28.6. The molecule has 6 heterocycles. The van der Waals surface area contributed by atoms with Crippen LogP contribution in [0.15, 0.2) is 299 Å². The molecule has 0 saturated carbocycles. The second-order valence-corrected chi connectivity index (χ2v) is 19.3. The Morgan fingerprint density at radius 1 is 0.386 bits per heavy atom. The predicted molar refractivity (Wildman–Crippen MR) is 347 cm³/mol. The van der Waals surface area contributed by atoms with Crippen molar-refractivity contribution in [1.29, 1.82) is 0 Å². The fourth-order valence-corrected chi connectivity index (χ4v) is 9.81. The molecule has 16 heteroatoms. The summed E-state index contributed by atoms with van der Waals surface area (Å²) >= 11 is 0. The molecule has 0 saturated heterocycles. The van der Waals surface area contributed by atoms with E-state index in [1.165, 1.54) is 0 Å². The van der Waals surface area contributed by atoms with E-state index in [1.54, 1.807) is 25.3 Å². The topological polar surface area (TPSA) is 144 Å². The first kappa shape index (κ1) is 59.2. The third kappa shape index (κ3) is 13.3. The van der Waals surface area contributed by atoms with Crippen molar-refractivity contribution < 1.29 is 51.0 Å². The van der Waals surface area contributed by atoms with Gasteiger partial charge in [-0.1, -0.05) is 229 Å². The number of fused-ring (bicyclic) bond motifs is 8. The summed E-state index contributed by atoms with van der Waals surface area (Å²) in [4.78, 5) is 34.1. The van der Waals surface area contributed by atoms with E-state index in [1.807, 2.05) is 264 Å². The smallest absolute Gasteiger partial charge is 0.129 e. The number of aliphatic imine (C=N–C) groups is 2. The number of hydrogen-bond donors (Lipinski definition) is 0. The molecule has 0 aliphatic carbocycles. The fourth-order valence-electron chi connectivity index (χ4n) is 9.81. The van der Waals surface area contributed by atoms with Crippen LogP contribution >= 0.6 is 0 Å². The largest absolute Gasteiger partial charge is 0.514 e. The number of anilines is 8. The summed E-state index contributed by atoms with van der Waals surface area (Å²) in [6.45, 7) is 4.01. The molecule has 2 aliphatic rings. The maximum absolute atomic E-state index is 6.20. The summed E-state index contributed by atoms with van der Waals surface area (Å²) in [7, 11) is 0. The van der Waals surface area contributed by atoms with Crippen molar-refractivity contribution in [2.75, 3.05) is 19.6 Å². The molecule has 0 radical (unpaired) electrons. The molecule has 14 nitrogen and oxygen atoms in total. The van der Waals surface area contributed by atoms with Crippen LogP contribution in [0, 0.1) is 25.5 Å². The Labute approximate surface area is 537 Å². The minimum atomic E-state index is 0. The van der Waals surface area contributed by atoms with Crippen molar-refractivity contribution in [3.63, 3.8) is 0 Å². The summed E-state index contributed by atoms with van der Waals surface area (Å²) in [6, 6.07) is 90.1. The quantitative estimate of drug-likeness (QED) is 0.0737. The van der Waals surface area contributed by atoms with Crippen LogP contribution in [0.1, 0.15) is 0 Å². The van der Waals surface area contributed by atoms with Crippen molar-refractivity contribution in [3.05, 3.63) is 316 Å². The molecule has 2 aliphatic heterocycles. The molecule has 0 fully saturated rings. The molecule has 0 N–H and O–H groups in total. The van der Waals surface area contributed by atoms with Crippen molar-refractivity contribution in [1.82, 2.24) is 19.9 Å². The van der Waals surface area contributed by atoms with Crippen molar-refractivity contribution in [2.24, 2.45) is 9.98 Å². The van der Waals surface area contributed by atoms with Gasteiger partial charge in [-0.3, -0.25) is 0 Å². The van der Waals surface area contributed by atoms with Crippen LogP contribution in [0.25, 0.3) is 54.5 Å². The van der Waals surface area contributed by atoms with E-state index in [0.29, 0.717) is 0 Å². The minimum Gasteiger partial charge on any atom is -0.514 e. The average Bonchev–Trinajstić information content (AvgIpc) is 2.12. The van der Waals surface area contributed by atoms with Gasteiger partial charge in [-0.05, 0) is 59.1 Å². The third-order valence-electron chi connectivity index (χ3n) is 13.8. The monoisotopic (exact) mass is 1500 g/mol. The molecule has 4 aromatic heterocycles. The Kier molecular flexibility index (Phi) is 19.2. The standard InChI is InChI=1S/2C23H14N4O.2C13H11N2.2Pt/c2*1-2-7-16(8-3-1)26-15-27(20-13-24-14-25-23(20)26)19-11-6-10-18-17-9-4-5-12-21(17)28-22(18)19;2*1-3-7-12(8-4-1)14-11-15-13-9-5-2-6-10-13;;/h2*1-10,12-15H;2*1-11H;;/q2*-2;2*-1;;. The van der Waals surface area contributed by atoms with Crippen LogP contribution in [0.4, 0.5) is 68.5 Å². The van der Waals surface area contributed by atoms with E-state index in [9.17, 15) is 0 Å². The Morgan fingerprint density at radius 3 is 1.14 bits per heavy atom. The number of nitrogens with zero attached hydrogens (tertiary/aromatic N) is 12. The molecule has 14 aromatic rings. The Morgan fingerprint density at radius 2 is 0.739 bits per heavy atom. The molecule has 88 heavy (non-hydrogen) atoms. The SMILES string of the molecule is C(=Nc1ccccc1)[N-]c1ccccc1.C(=Nc1ccccc1)[N-]c1ccccc1.[Pt].[Pt].[c-]1ccc2c(oc3ccccc32)c1N1[CH-]N(c2ccccc2)c2ncncc21.[c-]1ccc2c(oc3ccccc32)c1N1[CH-]N(c2ccccc2)c2ncncc21. The van der Waals surface area contributed by atoms with Crippen LogP contribution in [-0.2, 0) is 42.1 Å². The maximum Gasteiger partial charge on any atom is 0.129 e. The van der Waals surface area contributed by atoms with Crippen LogP contribution < -0.4 is 19.6 Å². The Bertz CT molecular complexity index is 4290. The average molecular weight is 1510 g/mol. The molecule has 0 atom stereocenters. The van der Waals surface area contributed by atoms with E-state index < -0.39 is 0 Å². The molecular weight excluding hydrogens is 1460 g/mol.